The van der Waals surface area contributed by atoms with Crippen LogP contribution < -0.4 is 5.73 Å². The summed E-state index contributed by atoms with van der Waals surface area (Å²) in [6.07, 6.45) is 0. The van der Waals surface area contributed by atoms with Crippen LogP contribution in [0.2, 0.25) is 0 Å². The third-order valence-electron chi connectivity index (χ3n) is 3.36. The van der Waals surface area contributed by atoms with Gasteiger partial charge in [-0.3, -0.25) is 0 Å². The largest absolute Gasteiger partial charge is 0.461 e. The Kier molecular flexibility index (Phi) is 5.83. The summed E-state index contributed by atoms with van der Waals surface area (Å²) in [5, 5.41) is 0. The third-order valence-corrected chi connectivity index (χ3v) is 3.36. The first-order valence-electron chi connectivity index (χ1n) is 6.75. The molecule has 0 fully saturated rings. The summed E-state index contributed by atoms with van der Waals surface area (Å²) in [5.41, 5.74) is 9.00. The van der Waals surface area contributed by atoms with E-state index < -0.39 is 0 Å². The molecular weight excluding hydrogens is 240 g/mol. The molecule has 0 aliphatic heterocycles. The maximum absolute atomic E-state index is 11.9. The van der Waals surface area contributed by atoms with E-state index in [4.69, 9.17) is 10.5 Å². The standard InChI is InChI=1S/C15H24N2O2/c1-5-17(6-2)7-8-19-15(18)13-9-11(3)14(16)12(4)10-13/h9-10H,5-8,16H2,1-4H3. The Morgan fingerprint density at radius 2 is 1.74 bits per heavy atom. The first-order valence-corrected chi connectivity index (χ1v) is 6.75. The molecule has 1 aromatic rings. The number of benzene rings is 1. The number of carbonyl (C=O) groups excluding carboxylic acids is 1. The van der Waals surface area contributed by atoms with Crippen LogP contribution in [0.1, 0.15) is 35.3 Å². The molecule has 0 atom stereocenters. The van der Waals surface area contributed by atoms with Gasteiger partial charge in [-0.2, -0.15) is 0 Å². The Labute approximate surface area is 115 Å². The van der Waals surface area contributed by atoms with E-state index in [0.717, 1.165) is 36.4 Å². The number of carbonyl (C=O) groups is 1. The van der Waals surface area contributed by atoms with Crippen LogP contribution in [0.25, 0.3) is 0 Å². The van der Waals surface area contributed by atoms with Crippen molar-refractivity contribution in [3.8, 4) is 0 Å². The van der Waals surface area contributed by atoms with Crippen molar-refractivity contribution in [3.63, 3.8) is 0 Å². The van der Waals surface area contributed by atoms with E-state index in [1.54, 1.807) is 12.1 Å². The molecule has 0 saturated heterocycles. The zero-order valence-corrected chi connectivity index (χ0v) is 12.3. The minimum atomic E-state index is -0.279. The van der Waals surface area contributed by atoms with Gasteiger partial charge in [-0.1, -0.05) is 13.8 Å². The fourth-order valence-electron chi connectivity index (χ4n) is 1.98. The molecule has 4 heteroatoms. The predicted molar refractivity (Wildman–Crippen MR) is 78.4 cm³/mol. The summed E-state index contributed by atoms with van der Waals surface area (Å²) in [6, 6.07) is 3.56. The number of esters is 1. The Hall–Kier alpha value is -1.55. The van der Waals surface area contributed by atoms with Crippen molar-refractivity contribution >= 4 is 11.7 Å². The Morgan fingerprint density at radius 3 is 2.21 bits per heavy atom. The van der Waals surface area contributed by atoms with Gasteiger partial charge in [0.25, 0.3) is 0 Å². The molecule has 106 valence electrons. The summed E-state index contributed by atoms with van der Waals surface area (Å²) in [7, 11) is 0. The fourth-order valence-corrected chi connectivity index (χ4v) is 1.98. The molecule has 19 heavy (non-hydrogen) atoms. The van der Waals surface area contributed by atoms with Crippen LogP contribution in [0, 0.1) is 13.8 Å². The molecule has 0 aromatic heterocycles. The van der Waals surface area contributed by atoms with Crippen LogP contribution in [-0.4, -0.2) is 37.1 Å². The van der Waals surface area contributed by atoms with Crippen LogP contribution in [0.5, 0.6) is 0 Å². The monoisotopic (exact) mass is 264 g/mol. The zero-order chi connectivity index (χ0) is 14.4. The maximum atomic E-state index is 11.9. The van der Waals surface area contributed by atoms with Crippen molar-refractivity contribution in [1.82, 2.24) is 4.90 Å². The molecule has 0 amide bonds. The highest BCUT2D eigenvalue weighted by molar-refractivity contribution is 5.90. The van der Waals surface area contributed by atoms with E-state index in [2.05, 4.69) is 18.7 Å². The number of ether oxygens (including phenoxy) is 1. The average molecular weight is 264 g/mol. The predicted octanol–water partition coefficient (Wildman–Crippen LogP) is 2.38. The van der Waals surface area contributed by atoms with Crippen molar-refractivity contribution < 1.29 is 9.53 Å². The molecule has 0 bridgehead atoms. The molecule has 0 spiro atoms. The smallest absolute Gasteiger partial charge is 0.338 e. The first kappa shape index (κ1) is 15.5. The minimum absolute atomic E-state index is 0.279. The summed E-state index contributed by atoms with van der Waals surface area (Å²) in [5.74, 6) is -0.279. The first-order chi connectivity index (χ1) is 8.99. The lowest BCUT2D eigenvalue weighted by molar-refractivity contribution is 0.0466. The lowest BCUT2D eigenvalue weighted by Crippen LogP contribution is -2.27. The van der Waals surface area contributed by atoms with Crippen molar-refractivity contribution in [2.75, 3.05) is 32.0 Å². The van der Waals surface area contributed by atoms with E-state index in [-0.39, 0.29) is 5.97 Å². The fraction of sp³-hybridized carbons (Fsp3) is 0.533. The maximum Gasteiger partial charge on any atom is 0.338 e. The Morgan fingerprint density at radius 1 is 1.21 bits per heavy atom. The SMILES string of the molecule is CCN(CC)CCOC(=O)c1cc(C)c(N)c(C)c1. The van der Waals surface area contributed by atoms with Gasteiger partial charge in [0, 0.05) is 12.2 Å². The number of hydrogen-bond acceptors (Lipinski definition) is 4. The highest BCUT2D eigenvalue weighted by atomic mass is 16.5. The van der Waals surface area contributed by atoms with Crippen molar-refractivity contribution in [3.05, 3.63) is 28.8 Å². The number of nitrogens with zero attached hydrogens (tertiary/aromatic N) is 1. The van der Waals surface area contributed by atoms with Crippen molar-refractivity contribution in [2.24, 2.45) is 0 Å². The topological polar surface area (TPSA) is 55.6 Å². The lowest BCUT2D eigenvalue weighted by atomic mass is 10.0. The van der Waals surface area contributed by atoms with Crippen molar-refractivity contribution in [2.45, 2.75) is 27.7 Å². The van der Waals surface area contributed by atoms with Crippen LogP contribution in [-0.2, 0) is 4.74 Å². The quantitative estimate of drug-likeness (QED) is 0.633. The third kappa shape index (κ3) is 4.24. The molecule has 1 aromatic carbocycles. The lowest BCUT2D eigenvalue weighted by Gasteiger charge is -2.17. The van der Waals surface area contributed by atoms with Crippen LogP contribution >= 0.6 is 0 Å². The van der Waals surface area contributed by atoms with Crippen molar-refractivity contribution in [1.29, 1.82) is 0 Å². The molecule has 0 heterocycles. The van der Waals surface area contributed by atoms with E-state index in [9.17, 15) is 4.79 Å². The molecular formula is C15H24N2O2. The highest BCUT2D eigenvalue weighted by Gasteiger charge is 2.11. The second-order valence-electron chi connectivity index (χ2n) is 4.69. The minimum Gasteiger partial charge on any atom is -0.461 e. The second kappa shape index (κ2) is 7.14. The molecule has 2 N–H and O–H groups in total. The number of likely N-dealkylation sites (N-methyl/N-ethyl adjacent to an activating group) is 1. The summed E-state index contributed by atoms with van der Waals surface area (Å²) in [4.78, 5) is 14.2. The van der Waals surface area contributed by atoms with Crippen LogP contribution in [0.4, 0.5) is 5.69 Å². The number of rotatable bonds is 6. The van der Waals surface area contributed by atoms with Gasteiger partial charge in [-0.05, 0) is 50.2 Å². The summed E-state index contributed by atoms with van der Waals surface area (Å²) in [6.45, 7) is 11.1. The van der Waals surface area contributed by atoms with Gasteiger partial charge in [-0.25, -0.2) is 4.79 Å². The van der Waals surface area contributed by atoms with Crippen LogP contribution in [0.15, 0.2) is 12.1 Å². The van der Waals surface area contributed by atoms with Gasteiger partial charge in [0.1, 0.15) is 6.61 Å². The number of hydrogen-bond donors (Lipinski definition) is 1. The Bertz CT molecular complexity index is 417. The molecule has 0 radical (unpaired) electrons. The number of anilines is 1. The van der Waals surface area contributed by atoms with Gasteiger partial charge < -0.3 is 15.4 Å². The average Bonchev–Trinajstić information content (AvgIpc) is 2.40. The summed E-state index contributed by atoms with van der Waals surface area (Å²) < 4.78 is 5.29. The normalized spacial score (nSPS) is 10.8. The number of aryl methyl sites for hydroxylation is 2. The van der Waals surface area contributed by atoms with Gasteiger partial charge in [0.05, 0.1) is 5.56 Å². The zero-order valence-electron chi connectivity index (χ0n) is 12.3. The second-order valence-corrected chi connectivity index (χ2v) is 4.69. The molecule has 0 aliphatic carbocycles. The number of nitrogens with two attached hydrogens (primary N) is 1. The van der Waals surface area contributed by atoms with E-state index >= 15 is 0 Å². The van der Waals surface area contributed by atoms with E-state index in [0.29, 0.717) is 12.2 Å². The van der Waals surface area contributed by atoms with Gasteiger partial charge in [0.2, 0.25) is 0 Å². The summed E-state index contributed by atoms with van der Waals surface area (Å²) >= 11 is 0. The van der Waals surface area contributed by atoms with Gasteiger partial charge in [-0.15, -0.1) is 0 Å². The molecule has 4 nitrogen and oxygen atoms in total. The molecule has 0 aliphatic rings. The number of nitrogen functional groups attached to an aromatic ring is 1. The molecule has 1 rings (SSSR count). The van der Waals surface area contributed by atoms with E-state index in [1.807, 2.05) is 13.8 Å². The van der Waals surface area contributed by atoms with E-state index in [1.165, 1.54) is 0 Å². The molecule has 0 unspecified atom stereocenters. The van der Waals surface area contributed by atoms with Gasteiger partial charge >= 0.3 is 5.97 Å². The van der Waals surface area contributed by atoms with Gasteiger partial charge in [0.15, 0.2) is 0 Å². The van der Waals surface area contributed by atoms with Crippen LogP contribution in [0.3, 0.4) is 0 Å². The Balaban J connectivity index is 2.59. The molecule has 0 saturated carbocycles. The highest BCUT2D eigenvalue weighted by Crippen LogP contribution is 2.19.